The molecule has 0 aromatic heterocycles. The van der Waals surface area contributed by atoms with E-state index < -0.39 is 17.6 Å². The maximum Gasteiger partial charge on any atom is 0.416 e. The highest BCUT2D eigenvalue weighted by molar-refractivity contribution is 6.17. The first-order chi connectivity index (χ1) is 13.7. The molecule has 0 radical (unpaired) electrons. The number of halogens is 4. The number of amides is 1. The molecule has 1 heterocycles. The maximum atomic E-state index is 13.6. The van der Waals surface area contributed by atoms with E-state index in [2.05, 4.69) is 13.0 Å². The fourth-order valence-corrected chi connectivity index (χ4v) is 4.57. The van der Waals surface area contributed by atoms with Gasteiger partial charge in [0.15, 0.2) is 0 Å². The summed E-state index contributed by atoms with van der Waals surface area (Å²) in [5.41, 5.74) is 0.899. The summed E-state index contributed by atoms with van der Waals surface area (Å²) in [4.78, 5) is 14.3. The van der Waals surface area contributed by atoms with Crippen LogP contribution in [0.25, 0.3) is 0 Å². The van der Waals surface area contributed by atoms with Crippen molar-refractivity contribution in [2.45, 2.75) is 43.8 Å². The first-order valence-corrected chi connectivity index (χ1v) is 9.81. The van der Waals surface area contributed by atoms with Crippen LogP contribution in [0, 0.1) is 17.2 Å². The molecule has 4 rings (SSSR count). The highest BCUT2D eigenvalue weighted by atomic mass is 35.5. The van der Waals surface area contributed by atoms with E-state index in [1.807, 2.05) is 12.1 Å². The fourth-order valence-electron chi connectivity index (χ4n) is 4.41. The second-order valence-corrected chi connectivity index (χ2v) is 8.30. The van der Waals surface area contributed by atoms with Crippen LogP contribution in [-0.4, -0.2) is 5.91 Å². The Balaban J connectivity index is 1.71. The average Bonchev–Trinajstić information content (AvgIpc) is 3.00. The largest absolute Gasteiger partial charge is 0.416 e. The molecule has 1 aliphatic carbocycles. The van der Waals surface area contributed by atoms with Gasteiger partial charge in [0.25, 0.3) is 5.91 Å². The minimum Gasteiger partial charge on any atom is -0.304 e. The van der Waals surface area contributed by atoms with Crippen LogP contribution in [0.1, 0.15) is 52.4 Å². The number of benzene rings is 2. The lowest BCUT2D eigenvalue weighted by Crippen LogP contribution is -2.38. The predicted molar refractivity (Wildman–Crippen MR) is 104 cm³/mol. The number of rotatable bonds is 3. The normalized spacial score (nSPS) is 23.5. The van der Waals surface area contributed by atoms with Crippen molar-refractivity contribution in [1.82, 2.24) is 0 Å². The van der Waals surface area contributed by atoms with E-state index in [1.54, 1.807) is 12.1 Å². The molecule has 3 nitrogen and oxygen atoms in total. The highest BCUT2D eigenvalue weighted by Gasteiger charge is 2.43. The first kappa shape index (κ1) is 19.8. The monoisotopic (exact) mass is 418 g/mol. The van der Waals surface area contributed by atoms with E-state index in [1.165, 1.54) is 11.0 Å². The number of alkyl halides is 4. The van der Waals surface area contributed by atoms with Crippen LogP contribution in [0.4, 0.5) is 18.9 Å². The van der Waals surface area contributed by atoms with Gasteiger partial charge in [-0.1, -0.05) is 19.1 Å². The molecule has 0 N–H and O–H groups in total. The summed E-state index contributed by atoms with van der Waals surface area (Å²) in [5.74, 6) is -0.537. The van der Waals surface area contributed by atoms with Gasteiger partial charge in [0, 0.05) is 23.0 Å². The number of carbonyl (C=O) groups is 1. The third kappa shape index (κ3) is 3.28. The Kier molecular flexibility index (Phi) is 4.62. The van der Waals surface area contributed by atoms with Crippen LogP contribution < -0.4 is 4.90 Å². The molecule has 29 heavy (non-hydrogen) atoms. The molecule has 0 bridgehead atoms. The van der Waals surface area contributed by atoms with E-state index in [9.17, 15) is 18.0 Å². The number of anilines is 1. The van der Waals surface area contributed by atoms with Gasteiger partial charge in [-0.2, -0.15) is 18.4 Å². The second kappa shape index (κ2) is 6.77. The minimum atomic E-state index is -4.56. The van der Waals surface area contributed by atoms with Gasteiger partial charge in [-0.15, -0.1) is 11.6 Å². The molecule has 0 saturated heterocycles. The topological polar surface area (TPSA) is 44.1 Å². The van der Waals surface area contributed by atoms with E-state index >= 15 is 0 Å². The molecule has 0 spiro atoms. The zero-order valence-electron chi connectivity index (χ0n) is 15.7. The van der Waals surface area contributed by atoms with Crippen molar-refractivity contribution in [3.05, 3.63) is 64.2 Å². The summed E-state index contributed by atoms with van der Waals surface area (Å²) < 4.78 is 40.7. The molecule has 1 fully saturated rings. The summed E-state index contributed by atoms with van der Waals surface area (Å²) in [5, 5.41) is 9.06. The third-order valence-electron chi connectivity index (χ3n) is 5.99. The zero-order valence-corrected chi connectivity index (χ0v) is 16.4. The van der Waals surface area contributed by atoms with Crippen LogP contribution in [0.15, 0.2) is 36.4 Å². The SMILES string of the molecule is CC1(c2cccc(N3Cc4c(cc(CCl)cc4C(F)(F)F)C3=O)c2)CC(C#N)C1. The molecule has 1 amide bonds. The van der Waals surface area contributed by atoms with Crippen molar-refractivity contribution in [2.75, 3.05) is 4.90 Å². The van der Waals surface area contributed by atoms with Crippen molar-refractivity contribution in [3.63, 3.8) is 0 Å². The molecule has 2 aromatic rings. The predicted octanol–water partition coefficient (Wildman–Crippen LogP) is 5.80. The van der Waals surface area contributed by atoms with E-state index in [0.29, 0.717) is 5.69 Å². The molecule has 7 heteroatoms. The minimum absolute atomic E-state index is 0.0128. The summed E-state index contributed by atoms with van der Waals surface area (Å²) in [6, 6.07) is 12.1. The molecule has 1 aliphatic heterocycles. The summed E-state index contributed by atoms with van der Waals surface area (Å²) >= 11 is 5.75. The molecule has 2 aliphatic rings. The second-order valence-electron chi connectivity index (χ2n) is 8.04. The third-order valence-corrected chi connectivity index (χ3v) is 6.30. The maximum absolute atomic E-state index is 13.6. The van der Waals surface area contributed by atoms with Crippen molar-refractivity contribution < 1.29 is 18.0 Å². The number of carbonyl (C=O) groups excluding carboxylic acids is 1. The summed E-state index contributed by atoms with van der Waals surface area (Å²) in [6.45, 7) is 1.93. The molecule has 0 atom stereocenters. The summed E-state index contributed by atoms with van der Waals surface area (Å²) in [7, 11) is 0. The van der Waals surface area contributed by atoms with E-state index in [4.69, 9.17) is 16.9 Å². The van der Waals surface area contributed by atoms with E-state index in [0.717, 1.165) is 24.5 Å². The van der Waals surface area contributed by atoms with E-state index in [-0.39, 0.29) is 40.4 Å². The lowest BCUT2D eigenvalue weighted by atomic mass is 9.60. The highest BCUT2D eigenvalue weighted by Crippen LogP contribution is 2.48. The Hall–Kier alpha value is -2.52. The standard InChI is InChI=1S/C22H18ClF3N2O/c1-21(8-14(9-21)11-27)15-3-2-4-16(7-15)28-12-18-17(20(28)29)5-13(10-23)6-19(18)22(24,25)26/h2-7,14H,8-10,12H2,1H3. The first-order valence-electron chi connectivity index (χ1n) is 9.27. The number of hydrogen-bond donors (Lipinski definition) is 0. The van der Waals surface area contributed by atoms with Gasteiger partial charge in [0.2, 0.25) is 0 Å². The molecule has 1 saturated carbocycles. The van der Waals surface area contributed by atoms with Crippen LogP contribution in [0.3, 0.4) is 0 Å². The van der Waals surface area contributed by atoms with Gasteiger partial charge in [-0.05, 0) is 59.2 Å². The molecule has 2 aromatic carbocycles. The number of fused-ring (bicyclic) bond motifs is 1. The average molecular weight is 419 g/mol. The Labute approximate surface area is 171 Å². The van der Waals surface area contributed by atoms with Gasteiger partial charge >= 0.3 is 6.18 Å². The Bertz CT molecular complexity index is 1040. The number of nitriles is 1. The van der Waals surface area contributed by atoms with Gasteiger partial charge in [-0.25, -0.2) is 0 Å². The van der Waals surface area contributed by atoms with Crippen molar-refractivity contribution in [1.29, 1.82) is 5.26 Å². The number of hydrogen-bond acceptors (Lipinski definition) is 2. The Morgan fingerprint density at radius 1 is 1.28 bits per heavy atom. The quantitative estimate of drug-likeness (QED) is 0.591. The van der Waals surface area contributed by atoms with Gasteiger partial charge in [-0.3, -0.25) is 4.79 Å². The van der Waals surface area contributed by atoms with Crippen LogP contribution >= 0.6 is 11.6 Å². The molecule has 0 unspecified atom stereocenters. The van der Waals surface area contributed by atoms with Crippen molar-refractivity contribution >= 4 is 23.2 Å². The van der Waals surface area contributed by atoms with Gasteiger partial charge in [0.1, 0.15) is 0 Å². The number of nitrogens with zero attached hydrogens (tertiary/aromatic N) is 2. The Morgan fingerprint density at radius 3 is 2.62 bits per heavy atom. The molecular weight excluding hydrogens is 401 g/mol. The van der Waals surface area contributed by atoms with Crippen LogP contribution in [0.5, 0.6) is 0 Å². The zero-order chi connectivity index (χ0) is 21.0. The summed E-state index contributed by atoms with van der Waals surface area (Å²) in [6.07, 6.45) is -3.09. The smallest absolute Gasteiger partial charge is 0.304 e. The van der Waals surface area contributed by atoms with Gasteiger partial charge < -0.3 is 4.90 Å². The lowest BCUT2D eigenvalue weighted by molar-refractivity contribution is -0.138. The van der Waals surface area contributed by atoms with Gasteiger partial charge in [0.05, 0.1) is 18.2 Å². The van der Waals surface area contributed by atoms with Crippen molar-refractivity contribution in [3.8, 4) is 6.07 Å². The lowest BCUT2D eigenvalue weighted by Gasteiger charge is -2.43. The van der Waals surface area contributed by atoms with Crippen LogP contribution in [-0.2, 0) is 24.0 Å². The molecular formula is C22H18ClF3N2O. The fraction of sp³-hybridized carbons (Fsp3) is 0.364. The van der Waals surface area contributed by atoms with Crippen molar-refractivity contribution in [2.24, 2.45) is 5.92 Å². The molecule has 150 valence electrons. The Morgan fingerprint density at radius 2 is 2.00 bits per heavy atom. The van der Waals surface area contributed by atoms with Crippen LogP contribution in [0.2, 0.25) is 0 Å².